The zero-order chi connectivity index (χ0) is 25.2. The summed E-state index contributed by atoms with van der Waals surface area (Å²) in [5.41, 5.74) is 1.69. The van der Waals surface area contributed by atoms with Crippen molar-refractivity contribution in [3.8, 4) is 34.2 Å². The Morgan fingerprint density at radius 2 is 1.78 bits per heavy atom. The number of aromatic nitrogens is 3. The summed E-state index contributed by atoms with van der Waals surface area (Å²) in [6, 6.07) is 15.9. The van der Waals surface area contributed by atoms with Crippen LogP contribution < -0.4 is 19.6 Å². The molecule has 0 aliphatic heterocycles. The Hall–Kier alpha value is -4.44. The molecule has 0 saturated carbocycles. The van der Waals surface area contributed by atoms with Crippen molar-refractivity contribution in [3.05, 3.63) is 80.8 Å². The Bertz CT molecular complexity index is 1670. The number of esters is 1. The summed E-state index contributed by atoms with van der Waals surface area (Å²) in [5.74, 6) is 2.31. The van der Waals surface area contributed by atoms with Gasteiger partial charge in [-0.25, -0.2) is 4.79 Å². The molecule has 0 aliphatic rings. The second-order valence-electron chi connectivity index (χ2n) is 7.62. The Balaban J connectivity index is 1.42. The number of carbonyl (C=O) groups is 1. The first-order valence-electron chi connectivity index (χ1n) is 11.0. The zero-order valence-corrected chi connectivity index (χ0v) is 20.5. The van der Waals surface area contributed by atoms with E-state index in [0.29, 0.717) is 56.1 Å². The van der Waals surface area contributed by atoms with Crippen LogP contribution in [-0.4, -0.2) is 41.4 Å². The molecule has 3 heterocycles. The van der Waals surface area contributed by atoms with Crippen LogP contribution in [0.25, 0.3) is 33.7 Å². The zero-order valence-electron chi connectivity index (χ0n) is 19.7. The average Bonchev–Trinajstić information content (AvgIpc) is 3.61. The summed E-state index contributed by atoms with van der Waals surface area (Å²) in [6.07, 6.45) is 1.66. The maximum atomic E-state index is 12.9. The molecule has 0 atom stereocenters. The second-order valence-corrected chi connectivity index (χ2v) is 8.62. The number of ether oxygens (including phenoxy) is 3. The molecule has 2 aromatic carbocycles. The van der Waals surface area contributed by atoms with E-state index in [4.69, 9.17) is 18.6 Å². The molecule has 0 aliphatic carbocycles. The lowest BCUT2D eigenvalue weighted by Crippen LogP contribution is -2.23. The van der Waals surface area contributed by atoms with Gasteiger partial charge in [-0.2, -0.15) is 9.50 Å². The maximum absolute atomic E-state index is 12.9. The molecular formula is C26H21N3O6S. The lowest BCUT2D eigenvalue weighted by atomic mass is 10.1. The van der Waals surface area contributed by atoms with Crippen molar-refractivity contribution in [2.75, 3.05) is 20.8 Å². The number of hydrogen-bond acceptors (Lipinski definition) is 9. The smallest absolute Gasteiger partial charge is 0.338 e. The predicted molar refractivity (Wildman–Crippen MR) is 135 cm³/mol. The third-order valence-corrected chi connectivity index (χ3v) is 6.36. The fraction of sp³-hybridized carbons (Fsp3) is 0.154. The highest BCUT2D eigenvalue weighted by molar-refractivity contribution is 7.15. The van der Waals surface area contributed by atoms with E-state index >= 15 is 0 Å². The number of nitrogens with zero attached hydrogens (tertiary/aromatic N) is 3. The molecular weight excluding hydrogens is 482 g/mol. The molecule has 0 spiro atoms. The molecule has 9 nitrogen and oxygen atoms in total. The number of carbonyl (C=O) groups excluding carboxylic acids is 1. The van der Waals surface area contributed by atoms with Gasteiger partial charge in [0.25, 0.3) is 5.56 Å². The highest BCUT2D eigenvalue weighted by Crippen LogP contribution is 2.31. The molecule has 0 amide bonds. The number of fused-ring (bicyclic) bond motifs is 1. The van der Waals surface area contributed by atoms with Crippen LogP contribution in [0.2, 0.25) is 0 Å². The van der Waals surface area contributed by atoms with Crippen LogP contribution in [0.1, 0.15) is 23.0 Å². The van der Waals surface area contributed by atoms with Gasteiger partial charge >= 0.3 is 5.97 Å². The topological polar surface area (TPSA) is 105 Å². The fourth-order valence-electron chi connectivity index (χ4n) is 3.63. The van der Waals surface area contributed by atoms with E-state index in [1.807, 2.05) is 12.1 Å². The lowest BCUT2D eigenvalue weighted by molar-refractivity contribution is 0.0526. The standard InChI is InChI=1S/C26H21N3O6S/c1-4-34-25(31)16-7-5-15(6-8-16)19-12-10-18(35-19)14-22-24(30)29-26(36-22)27-23(28-29)17-9-11-20(32-2)21(13-17)33-3/h5-14H,4H2,1-3H3. The van der Waals surface area contributed by atoms with Gasteiger partial charge in [-0.05, 0) is 49.4 Å². The van der Waals surface area contributed by atoms with Gasteiger partial charge in [0.05, 0.1) is 26.4 Å². The quantitative estimate of drug-likeness (QED) is 0.309. The molecule has 0 unspecified atom stereocenters. The number of thiazole rings is 1. The van der Waals surface area contributed by atoms with Crippen molar-refractivity contribution in [2.45, 2.75) is 6.92 Å². The third kappa shape index (κ3) is 4.34. The van der Waals surface area contributed by atoms with Crippen molar-refractivity contribution in [1.29, 1.82) is 0 Å². The molecule has 0 saturated heterocycles. The Labute approximate surface area is 209 Å². The van der Waals surface area contributed by atoms with Gasteiger partial charge in [-0.1, -0.05) is 23.5 Å². The lowest BCUT2D eigenvalue weighted by Gasteiger charge is -2.07. The van der Waals surface area contributed by atoms with E-state index in [9.17, 15) is 9.59 Å². The van der Waals surface area contributed by atoms with Crippen LogP contribution >= 0.6 is 11.3 Å². The molecule has 3 aromatic heterocycles. The van der Waals surface area contributed by atoms with E-state index in [1.54, 1.807) is 69.7 Å². The minimum atomic E-state index is -0.369. The number of furan rings is 1. The van der Waals surface area contributed by atoms with Crippen LogP contribution in [0.15, 0.2) is 63.8 Å². The Kier molecular flexibility index (Phi) is 6.26. The van der Waals surface area contributed by atoms with Gasteiger partial charge in [0.2, 0.25) is 4.96 Å². The summed E-state index contributed by atoms with van der Waals surface area (Å²) >= 11 is 1.22. The van der Waals surface area contributed by atoms with Crippen LogP contribution in [-0.2, 0) is 4.74 Å². The van der Waals surface area contributed by atoms with Gasteiger partial charge in [-0.3, -0.25) is 4.79 Å². The van der Waals surface area contributed by atoms with E-state index in [0.717, 1.165) is 5.56 Å². The Morgan fingerprint density at radius 1 is 1.03 bits per heavy atom. The van der Waals surface area contributed by atoms with E-state index in [2.05, 4.69) is 10.1 Å². The van der Waals surface area contributed by atoms with Crippen molar-refractivity contribution in [2.24, 2.45) is 0 Å². The predicted octanol–water partition coefficient (Wildman–Crippen LogP) is 3.82. The number of benzene rings is 2. The van der Waals surface area contributed by atoms with Crippen molar-refractivity contribution >= 4 is 28.3 Å². The SMILES string of the molecule is CCOC(=O)c1ccc(-c2ccc(C=c3sc4nc(-c5ccc(OC)c(OC)c5)nn4c3=O)o2)cc1. The summed E-state index contributed by atoms with van der Waals surface area (Å²) in [7, 11) is 3.12. The first kappa shape index (κ1) is 23.3. The number of methoxy groups -OCH3 is 2. The average molecular weight is 504 g/mol. The van der Waals surface area contributed by atoms with Gasteiger partial charge in [0.15, 0.2) is 17.3 Å². The number of rotatable bonds is 7. The largest absolute Gasteiger partial charge is 0.493 e. The van der Waals surface area contributed by atoms with Crippen LogP contribution in [0.3, 0.4) is 0 Å². The highest BCUT2D eigenvalue weighted by atomic mass is 32.1. The first-order chi connectivity index (χ1) is 17.5. The second kappa shape index (κ2) is 9.67. The van der Waals surface area contributed by atoms with Gasteiger partial charge in [0.1, 0.15) is 16.1 Å². The molecule has 5 aromatic rings. The third-order valence-electron chi connectivity index (χ3n) is 5.40. The molecule has 0 radical (unpaired) electrons. The molecule has 10 heteroatoms. The van der Waals surface area contributed by atoms with Gasteiger partial charge < -0.3 is 18.6 Å². The Morgan fingerprint density at radius 3 is 2.47 bits per heavy atom. The van der Waals surface area contributed by atoms with Crippen LogP contribution in [0.4, 0.5) is 0 Å². The van der Waals surface area contributed by atoms with Crippen molar-refractivity contribution < 1.29 is 23.4 Å². The summed E-state index contributed by atoms with van der Waals surface area (Å²) in [4.78, 5) is 29.8. The molecule has 36 heavy (non-hydrogen) atoms. The molecule has 0 bridgehead atoms. The monoisotopic (exact) mass is 503 g/mol. The van der Waals surface area contributed by atoms with E-state index in [-0.39, 0.29) is 11.5 Å². The van der Waals surface area contributed by atoms with Crippen LogP contribution in [0, 0.1) is 0 Å². The minimum absolute atomic E-state index is 0.286. The minimum Gasteiger partial charge on any atom is -0.493 e. The van der Waals surface area contributed by atoms with Gasteiger partial charge in [-0.15, -0.1) is 5.10 Å². The van der Waals surface area contributed by atoms with Crippen LogP contribution in [0.5, 0.6) is 11.5 Å². The van der Waals surface area contributed by atoms with Crippen molar-refractivity contribution in [3.63, 3.8) is 0 Å². The maximum Gasteiger partial charge on any atom is 0.338 e. The summed E-state index contributed by atoms with van der Waals surface area (Å²) < 4.78 is 23.2. The van der Waals surface area contributed by atoms with Crippen molar-refractivity contribution in [1.82, 2.24) is 14.6 Å². The normalized spacial score (nSPS) is 11.7. The summed E-state index contributed by atoms with van der Waals surface area (Å²) in [5, 5.41) is 4.38. The highest BCUT2D eigenvalue weighted by Gasteiger charge is 2.15. The molecule has 5 rings (SSSR count). The molecule has 0 fully saturated rings. The van der Waals surface area contributed by atoms with E-state index in [1.165, 1.54) is 15.9 Å². The van der Waals surface area contributed by atoms with Gasteiger partial charge in [0, 0.05) is 17.2 Å². The molecule has 182 valence electrons. The summed E-state index contributed by atoms with van der Waals surface area (Å²) in [6.45, 7) is 2.08. The number of hydrogen-bond donors (Lipinski definition) is 0. The molecule has 0 N–H and O–H groups in total. The fourth-order valence-corrected chi connectivity index (χ4v) is 4.52. The van der Waals surface area contributed by atoms with E-state index < -0.39 is 0 Å². The first-order valence-corrected chi connectivity index (χ1v) is 11.8.